The van der Waals surface area contributed by atoms with Crippen molar-refractivity contribution >= 4 is 23.6 Å². The zero-order chi connectivity index (χ0) is 20.2. The Bertz CT molecular complexity index is 901. The number of rotatable bonds is 9. The summed E-state index contributed by atoms with van der Waals surface area (Å²) < 4.78 is 7.23. The van der Waals surface area contributed by atoms with Crippen molar-refractivity contribution in [2.75, 3.05) is 5.75 Å². The van der Waals surface area contributed by atoms with E-state index in [-0.39, 0.29) is 18.1 Å². The molecule has 8 nitrogen and oxygen atoms in total. The number of amides is 2. The minimum absolute atomic E-state index is 0.106. The summed E-state index contributed by atoms with van der Waals surface area (Å²) >= 11 is 1.34. The smallest absolute Gasteiger partial charge is 0.237 e. The molecule has 2 amide bonds. The third kappa shape index (κ3) is 4.72. The molecule has 0 spiro atoms. The second-order valence-corrected chi connectivity index (χ2v) is 8.32. The molecular formula is C20H25N5O3S. The Morgan fingerprint density at radius 1 is 1.31 bits per heavy atom. The molecule has 2 heterocycles. The van der Waals surface area contributed by atoms with Crippen molar-refractivity contribution in [1.29, 1.82) is 0 Å². The van der Waals surface area contributed by atoms with Gasteiger partial charge in [-0.15, -0.1) is 10.2 Å². The molecule has 1 saturated carbocycles. The first-order valence-electron chi connectivity index (χ1n) is 10.0. The quantitative estimate of drug-likeness (QED) is 0.631. The number of nitrogens with zero attached hydrogens (tertiary/aromatic N) is 4. The summed E-state index contributed by atoms with van der Waals surface area (Å²) in [6, 6.07) is 3.90. The third-order valence-corrected chi connectivity index (χ3v) is 6.07. The predicted molar refractivity (Wildman–Crippen MR) is 109 cm³/mol. The zero-order valence-electron chi connectivity index (χ0n) is 16.2. The number of furan rings is 1. The highest BCUT2D eigenvalue weighted by molar-refractivity contribution is 7.99. The molecule has 2 N–H and O–H groups in total. The lowest BCUT2D eigenvalue weighted by Gasteiger charge is -2.27. The van der Waals surface area contributed by atoms with E-state index >= 15 is 0 Å². The van der Waals surface area contributed by atoms with Crippen LogP contribution in [-0.2, 0) is 16.1 Å². The highest BCUT2D eigenvalue weighted by atomic mass is 32.2. The molecule has 2 aromatic heterocycles. The van der Waals surface area contributed by atoms with E-state index in [0.717, 1.165) is 32.1 Å². The summed E-state index contributed by atoms with van der Waals surface area (Å²) in [6.45, 7) is 0.340. The summed E-state index contributed by atoms with van der Waals surface area (Å²) in [5, 5.41) is 9.02. The Hall–Kier alpha value is -2.55. The van der Waals surface area contributed by atoms with E-state index in [2.05, 4.69) is 16.3 Å². The van der Waals surface area contributed by atoms with E-state index in [1.807, 2.05) is 4.90 Å². The lowest BCUT2D eigenvalue weighted by molar-refractivity contribution is -0.127. The van der Waals surface area contributed by atoms with Gasteiger partial charge in [0.25, 0.3) is 0 Å². The first-order valence-corrected chi connectivity index (χ1v) is 11.0. The molecule has 0 radical (unpaired) electrons. The fourth-order valence-corrected chi connectivity index (χ4v) is 4.40. The van der Waals surface area contributed by atoms with Crippen LogP contribution >= 0.6 is 11.8 Å². The van der Waals surface area contributed by atoms with Crippen LogP contribution in [0.4, 0.5) is 0 Å². The standard InChI is InChI=1S/C20H25N5O3S/c21-17(26)10-11-24-19(16-7-4-12-28-16)22-23-20(24)29-13-18(27)25(15-8-9-15)14-5-2-1-3-6-14/h4-5,7,12,15H,1-3,6,8-11,13H2,(H2,21,26). The molecule has 4 rings (SSSR count). The topological polar surface area (TPSA) is 107 Å². The number of primary amides is 1. The molecule has 9 heteroatoms. The molecule has 29 heavy (non-hydrogen) atoms. The highest BCUT2D eigenvalue weighted by Gasteiger charge is 2.35. The van der Waals surface area contributed by atoms with Gasteiger partial charge in [0.2, 0.25) is 11.8 Å². The van der Waals surface area contributed by atoms with Gasteiger partial charge in [-0.3, -0.25) is 14.2 Å². The second-order valence-electron chi connectivity index (χ2n) is 7.38. The van der Waals surface area contributed by atoms with Gasteiger partial charge >= 0.3 is 0 Å². The van der Waals surface area contributed by atoms with Crippen molar-refractivity contribution in [3.63, 3.8) is 0 Å². The molecule has 0 saturated heterocycles. The largest absolute Gasteiger partial charge is 0.461 e. The van der Waals surface area contributed by atoms with Crippen LogP contribution in [0.1, 0.15) is 44.9 Å². The summed E-state index contributed by atoms with van der Waals surface area (Å²) in [4.78, 5) is 26.3. The maximum atomic E-state index is 13.0. The number of aromatic nitrogens is 3. The van der Waals surface area contributed by atoms with Gasteiger partial charge in [0.05, 0.1) is 12.0 Å². The third-order valence-electron chi connectivity index (χ3n) is 5.12. The average molecular weight is 416 g/mol. The van der Waals surface area contributed by atoms with Crippen molar-refractivity contribution in [2.45, 2.75) is 62.7 Å². The van der Waals surface area contributed by atoms with Crippen LogP contribution in [0.15, 0.2) is 39.7 Å². The van der Waals surface area contributed by atoms with Crippen molar-refractivity contribution in [2.24, 2.45) is 5.73 Å². The van der Waals surface area contributed by atoms with Gasteiger partial charge in [-0.2, -0.15) is 0 Å². The summed E-state index contributed by atoms with van der Waals surface area (Å²) in [5.41, 5.74) is 6.50. The van der Waals surface area contributed by atoms with Gasteiger partial charge in [-0.05, 0) is 50.7 Å². The van der Waals surface area contributed by atoms with E-state index in [1.54, 1.807) is 23.0 Å². The monoisotopic (exact) mass is 415 g/mol. The number of hydrogen-bond donors (Lipinski definition) is 1. The zero-order valence-corrected chi connectivity index (χ0v) is 17.1. The van der Waals surface area contributed by atoms with E-state index in [4.69, 9.17) is 10.2 Å². The molecule has 0 aromatic carbocycles. The van der Waals surface area contributed by atoms with Crippen LogP contribution < -0.4 is 5.73 Å². The average Bonchev–Trinajstić information content (AvgIpc) is 3.24. The van der Waals surface area contributed by atoms with Crippen molar-refractivity contribution < 1.29 is 14.0 Å². The van der Waals surface area contributed by atoms with Gasteiger partial charge in [0.1, 0.15) is 0 Å². The van der Waals surface area contributed by atoms with Crippen LogP contribution in [0, 0.1) is 0 Å². The van der Waals surface area contributed by atoms with E-state index < -0.39 is 5.91 Å². The Balaban J connectivity index is 1.49. The summed E-state index contributed by atoms with van der Waals surface area (Å²) in [5.74, 6) is 1.07. The van der Waals surface area contributed by atoms with Crippen LogP contribution in [0.5, 0.6) is 0 Å². The molecule has 0 aliphatic heterocycles. The van der Waals surface area contributed by atoms with Crippen LogP contribution in [0.2, 0.25) is 0 Å². The van der Waals surface area contributed by atoms with E-state index in [0.29, 0.717) is 29.3 Å². The number of thioether (sulfide) groups is 1. The first kappa shape index (κ1) is 19.8. The molecule has 1 fully saturated rings. The maximum absolute atomic E-state index is 13.0. The van der Waals surface area contributed by atoms with Crippen LogP contribution in [0.25, 0.3) is 11.6 Å². The minimum atomic E-state index is -0.403. The summed E-state index contributed by atoms with van der Waals surface area (Å²) in [7, 11) is 0. The predicted octanol–water partition coefficient (Wildman–Crippen LogP) is 2.95. The fourth-order valence-electron chi connectivity index (χ4n) is 3.57. The summed E-state index contributed by atoms with van der Waals surface area (Å²) in [6.07, 6.45) is 10.5. The number of hydrogen-bond acceptors (Lipinski definition) is 6. The second kappa shape index (κ2) is 8.86. The Kier molecular flexibility index (Phi) is 6.03. The van der Waals surface area contributed by atoms with Crippen molar-refractivity contribution in [3.05, 3.63) is 30.2 Å². The van der Waals surface area contributed by atoms with Crippen LogP contribution in [0.3, 0.4) is 0 Å². The highest BCUT2D eigenvalue weighted by Crippen LogP contribution is 2.35. The molecule has 0 atom stereocenters. The Labute approximate surface area is 173 Å². The fraction of sp³-hybridized carbons (Fsp3) is 0.500. The number of allylic oxidation sites excluding steroid dienone is 2. The normalized spacial score (nSPS) is 16.5. The maximum Gasteiger partial charge on any atom is 0.237 e. The molecule has 2 aliphatic carbocycles. The van der Waals surface area contributed by atoms with Gasteiger partial charge in [0.15, 0.2) is 16.7 Å². The Morgan fingerprint density at radius 3 is 2.83 bits per heavy atom. The van der Waals surface area contributed by atoms with Crippen molar-refractivity contribution in [1.82, 2.24) is 19.7 Å². The van der Waals surface area contributed by atoms with Gasteiger partial charge in [0, 0.05) is 24.7 Å². The molecule has 0 bridgehead atoms. The molecular weight excluding hydrogens is 390 g/mol. The number of carbonyl (C=O) groups is 2. The number of carbonyl (C=O) groups excluding carboxylic acids is 2. The van der Waals surface area contributed by atoms with E-state index in [1.165, 1.54) is 23.9 Å². The van der Waals surface area contributed by atoms with Crippen LogP contribution in [-0.4, -0.2) is 43.3 Å². The minimum Gasteiger partial charge on any atom is -0.461 e. The molecule has 2 aliphatic rings. The lowest BCUT2D eigenvalue weighted by atomic mass is 10.0. The van der Waals surface area contributed by atoms with Gasteiger partial charge in [-0.25, -0.2) is 0 Å². The van der Waals surface area contributed by atoms with Gasteiger partial charge < -0.3 is 15.1 Å². The van der Waals surface area contributed by atoms with Crippen molar-refractivity contribution in [3.8, 4) is 11.6 Å². The molecule has 0 unspecified atom stereocenters. The lowest BCUT2D eigenvalue weighted by Crippen LogP contribution is -2.34. The van der Waals surface area contributed by atoms with Gasteiger partial charge in [-0.1, -0.05) is 17.8 Å². The molecule has 154 valence electrons. The van der Waals surface area contributed by atoms with E-state index in [9.17, 15) is 9.59 Å². The number of nitrogens with two attached hydrogens (primary N) is 1. The first-order chi connectivity index (χ1) is 14.1. The molecule has 2 aromatic rings. The Morgan fingerprint density at radius 2 is 2.17 bits per heavy atom. The SMILES string of the molecule is NC(=O)CCn1c(SCC(=O)N(C2=CCCCC2)C2CC2)nnc1-c1ccco1.